The average molecular weight is 310 g/mol. The second-order valence-corrected chi connectivity index (χ2v) is 9.38. The maximum atomic E-state index is 12.9. The molecule has 3 nitrogen and oxygen atoms in total. The van der Waals surface area contributed by atoms with Crippen LogP contribution in [0.1, 0.15) is 86.5 Å². The van der Waals surface area contributed by atoms with Crippen LogP contribution in [0.25, 0.3) is 0 Å². The summed E-state index contributed by atoms with van der Waals surface area (Å²) in [7, 11) is 0. The number of aliphatic hydroxyl groups is 1. The van der Waals surface area contributed by atoms with Crippen LogP contribution in [0.5, 0.6) is 0 Å². The topological polar surface area (TPSA) is 46.5 Å². The highest BCUT2D eigenvalue weighted by Gasteiger charge is 2.54. The molecule has 0 aliphatic heterocycles. The fraction of sp³-hybridized carbons (Fsp3) is 0.947. The van der Waals surface area contributed by atoms with Gasteiger partial charge in [-0.25, -0.2) is 0 Å². The van der Waals surface area contributed by atoms with Crippen LogP contribution in [0.4, 0.5) is 0 Å². The number of carbonyl (C=O) groups excluding carboxylic acids is 1. The number of rotatable bonds is 3. The molecular formula is C19H34O3. The third-order valence-corrected chi connectivity index (χ3v) is 6.53. The minimum absolute atomic E-state index is 0.110. The van der Waals surface area contributed by atoms with Gasteiger partial charge in [-0.2, -0.15) is 0 Å². The molecule has 22 heavy (non-hydrogen) atoms. The first-order valence-electron chi connectivity index (χ1n) is 8.89. The average Bonchev–Trinajstić information content (AvgIpc) is 2.35. The van der Waals surface area contributed by atoms with Crippen LogP contribution < -0.4 is 0 Å². The van der Waals surface area contributed by atoms with Crippen molar-refractivity contribution in [2.45, 2.75) is 97.7 Å². The second-order valence-electron chi connectivity index (χ2n) is 9.38. The summed E-state index contributed by atoms with van der Waals surface area (Å²) < 4.78 is 6.14. The van der Waals surface area contributed by atoms with E-state index in [0.29, 0.717) is 12.3 Å². The first-order valence-corrected chi connectivity index (χ1v) is 8.89. The summed E-state index contributed by atoms with van der Waals surface area (Å²) in [6.07, 6.45) is 6.16. The monoisotopic (exact) mass is 310 g/mol. The van der Waals surface area contributed by atoms with Crippen molar-refractivity contribution in [2.24, 2.45) is 16.7 Å². The predicted molar refractivity (Wildman–Crippen MR) is 88.5 cm³/mol. The Hall–Kier alpha value is -0.570. The molecule has 2 saturated carbocycles. The number of fused-ring (bicyclic) bond motifs is 2. The molecule has 0 amide bonds. The van der Waals surface area contributed by atoms with Crippen molar-refractivity contribution in [3.8, 4) is 0 Å². The quantitative estimate of drug-likeness (QED) is 0.783. The summed E-state index contributed by atoms with van der Waals surface area (Å²) in [6.45, 7) is 12.4. The van der Waals surface area contributed by atoms with Gasteiger partial charge in [0.25, 0.3) is 0 Å². The Morgan fingerprint density at radius 1 is 1.18 bits per heavy atom. The van der Waals surface area contributed by atoms with Gasteiger partial charge in [0.15, 0.2) is 0 Å². The van der Waals surface area contributed by atoms with E-state index >= 15 is 0 Å². The minimum Gasteiger partial charge on any atom is -0.459 e. The van der Waals surface area contributed by atoms with Crippen LogP contribution in [0.2, 0.25) is 0 Å². The Morgan fingerprint density at radius 3 is 2.36 bits per heavy atom. The van der Waals surface area contributed by atoms with E-state index in [9.17, 15) is 9.90 Å². The minimum atomic E-state index is -0.622. The summed E-state index contributed by atoms with van der Waals surface area (Å²) in [5.41, 5.74) is -1.74. The van der Waals surface area contributed by atoms with E-state index in [-0.39, 0.29) is 11.4 Å². The molecule has 2 bridgehead atoms. The van der Waals surface area contributed by atoms with Crippen LogP contribution in [-0.4, -0.2) is 22.3 Å². The van der Waals surface area contributed by atoms with Crippen LogP contribution in [0.15, 0.2) is 0 Å². The number of ether oxygens (including phenoxy) is 1. The lowest BCUT2D eigenvalue weighted by Gasteiger charge is -2.52. The lowest BCUT2D eigenvalue weighted by Crippen LogP contribution is -2.55. The maximum absolute atomic E-state index is 12.9. The van der Waals surface area contributed by atoms with E-state index in [2.05, 4.69) is 27.7 Å². The SMILES string of the molecule is CCC1CC2(O)CCCC(OC(=O)C(C)(C)C(C)(C)C)(C1)C2. The fourth-order valence-electron chi connectivity index (χ4n) is 4.05. The molecule has 2 rings (SSSR count). The molecule has 0 spiro atoms. The van der Waals surface area contributed by atoms with Gasteiger partial charge in [0.1, 0.15) is 5.60 Å². The van der Waals surface area contributed by atoms with Crippen molar-refractivity contribution in [3.63, 3.8) is 0 Å². The van der Waals surface area contributed by atoms with Crippen molar-refractivity contribution in [1.82, 2.24) is 0 Å². The van der Waals surface area contributed by atoms with Crippen LogP contribution >= 0.6 is 0 Å². The van der Waals surface area contributed by atoms with Gasteiger partial charge in [-0.3, -0.25) is 4.79 Å². The number of esters is 1. The number of hydrogen-bond donors (Lipinski definition) is 1. The first kappa shape index (κ1) is 17.8. The smallest absolute Gasteiger partial charge is 0.312 e. The lowest BCUT2D eigenvalue weighted by atomic mass is 9.62. The third kappa shape index (κ3) is 3.20. The Labute approximate surface area is 135 Å². The lowest BCUT2D eigenvalue weighted by molar-refractivity contribution is -0.205. The van der Waals surface area contributed by atoms with Gasteiger partial charge in [-0.1, -0.05) is 34.1 Å². The molecular weight excluding hydrogens is 276 g/mol. The van der Waals surface area contributed by atoms with Gasteiger partial charge < -0.3 is 9.84 Å². The van der Waals surface area contributed by atoms with Crippen molar-refractivity contribution < 1.29 is 14.6 Å². The fourth-order valence-corrected chi connectivity index (χ4v) is 4.05. The van der Waals surface area contributed by atoms with Gasteiger partial charge >= 0.3 is 5.97 Å². The first-order chi connectivity index (χ1) is 9.93. The van der Waals surface area contributed by atoms with E-state index < -0.39 is 16.6 Å². The Kier molecular flexibility index (Phi) is 4.45. The Bertz CT molecular complexity index is 434. The zero-order chi connectivity index (χ0) is 16.8. The zero-order valence-corrected chi connectivity index (χ0v) is 15.3. The molecule has 3 unspecified atom stereocenters. The molecule has 2 aliphatic rings. The molecule has 3 heteroatoms. The zero-order valence-electron chi connectivity index (χ0n) is 15.3. The second kappa shape index (κ2) is 5.51. The molecule has 0 aromatic heterocycles. The maximum Gasteiger partial charge on any atom is 0.312 e. The Morgan fingerprint density at radius 2 is 1.82 bits per heavy atom. The van der Waals surface area contributed by atoms with Gasteiger partial charge in [-0.05, 0) is 57.3 Å². The van der Waals surface area contributed by atoms with E-state index in [1.54, 1.807) is 0 Å². The molecule has 0 radical (unpaired) electrons. The number of hydrogen-bond acceptors (Lipinski definition) is 3. The van der Waals surface area contributed by atoms with E-state index in [1.165, 1.54) is 0 Å². The molecule has 128 valence electrons. The highest BCUT2D eigenvalue weighted by atomic mass is 16.6. The van der Waals surface area contributed by atoms with Crippen LogP contribution in [0.3, 0.4) is 0 Å². The van der Waals surface area contributed by atoms with Crippen LogP contribution in [0, 0.1) is 16.7 Å². The summed E-state index contributed by atoms with van der Waals surface area (Å²) in [6, 6.07) is 0. The van der Waals surface area contributed by atoms with Gasteiger partial charge in [0, 0.05) is 6.42 Å². The highest BCUT2D eigenvalue weighted by molar-refractivity contribution is 5.77. The third-order valence-electron chi connectivity index (χ3n) is 6.53. The van der Waals surface area contributed by atoms with Crippen molar-refractivity contribution in [2.75, 3.05) is 0 Å². The van der Waals surface area contributed by atoms with Gasteiger partial charge in [0.2, 0.25) is 0 Å². The molecule has 0 heterocycles. The van der Waals surface area contributed by atoms with Gasteiger partial charge in [0.05, 0.1) is 11.0 Å². The Balaban J connectivity index is 2.21. The van der Waals surface area contributed by atoms with E-state index in [0.717, 1.165) is 38.5 Å². The summed E-state index contributed by atoms with van der Waals surface area (Å²) in [4.78, 5) is 12.9. The normalized spacial score (nSPS) is 36.0. The van der Waals surface area contributed by atoms with Crippen molar-refractivity contribution >= 4 is 5.97 Å². The summed E-state index contributed by atoms with van der Waals surface area (Å²) in [5.74, 6) is 0.352. The molecule has 0 aromatic carbocycles. The molecule has 0 aromatic rings. The van der Waals surface area contributed by atoms with E-state index in [4.69, 9.17) is 4.74 Å². The largest absolute Gasteiger partial charge is 0.459 e. The number of carbonyl (C=O) groups is 1. The van der Waals surface area contributed by atoms with Gasteiger partial charge in [-0.15, -0.1) is 0 Å². The van der Waals surface area contributed by atoms with Crippen LogP contribution in [-0.2, 0) is 9.53 Å². The summed E-state index contributed by atoms with van der Waals surface area (Å²) in [5, 5.41) is 10.9. The molecule has 2 fully saturated rings. The molecule has 0 saturated heterocycles. The standard InChI is InChI=1S/C19H34O3/c1-7-14-11-18(21)9-8-10-19(12-14,13-18)22-15(20)17(5,6)16(2,3)4/h14,21H,7-13H2,1-6H3. The predicted octanol–water partition coefficient (Wildman–Crippen LogP) is 4.47. The molecule has 3 atom stereocenters. The highest BCUT2D eigenvalue weighted by Crippen LogP contribution is 2.51. The molecule has 2 aliphatic carbocycles. The van der Waals surface area contributed by atoms with Crippen molar-refractivity contribution in [3.05, 3.63) is 0 Å². The molecule has 1 N–H and O–H groups in total. The van der Waals surface area contributed by atoms with E-state index in [1.807, 2.05) is 13.8 Å². The van der Waals surface area contributed by atoms with Crippen molar-refractivity contribution in [1.29, 1.82) is 0 Å². The summed E-state index contributed by atoms with van der Waals surface area (Å²) >= 11 is 0.